The van der Waals surface area contributed by atoms with Gasteiger partial charge in [0.05, 0.1) is 16.6 Å². The Morgan fingerprint density at radius 1 is 1.14 bits per heavy atom. The lowest BCUT2D eigenvalue weighted by atomic mass is 10.2. The molecular formula is C19H16ClN3O4S. The molecule has 2 aliphatic rings. The number of carbonyl (C=O) groups is 3. The molecule has 0 unspecified atom stereocenters. The van der Waals surface area contributed by atoms with Gasteiger partial charge in [-0.3, -0.25) is 14.4 Å². The molecule has 0 fully saturated rings. The Balaban J connectivity index is 1.42. The summed E-state index contributed by atoms with van der Waals surface area (Å²) in [4.78, 5) is 37.3. The minimum atomic E-state index is -0.562. The summed E-state index contributed by atoms with van der Waals surface area (Å²) in [6.07, 6.45) is -0.553. The summed E-state index contributed by atoms with van der Waals surface area (Å²) < 4.78 is 5.49. The van der Waals surface area contributed by atoms with Crippen molar-refractivity contribution in [2.45, 2.75) is 29.6 Å². The number of rotatable bonds is 3. The number of ether oxygens (including phenoxy) is 1. The number of thioether (sulfide) groups is 1. The first kappa shape index (κ1) is 18.6. The zero-order valence-electron chi connectivity index (χ0n) is 14.7. The molecule has 144 valence electrons. The lowest BCUT2D eigenvalue weighted by Gasteiger charge is -2.24. The van der Waals surface area contributed by atoms with Crippen LogP contribution in [0.3, 0.4) is 0 Å². The van der Waals surface area contributed by atoms with Crippen molar-refractivity contribution in [3.05, 3.63) is 41.4 Å². The topological polar surface area (TPSA) is 96.5 Å². The van der Waals surface area contributed by atoms with E-state index >= 15 is 0 Å². The number of hydrogen-bond donors (Lipinski definition) is 3. The maximum atomic E-state index is 12.4. The number of fused-ring (bicyclic) bond motifs is 2. The van der Waals surface area contributed by atoms with E-state index in [1.54, 1.807) is 37.3 Å². The molecule has 0 spiro atoms. The standard InChI is InChI=1S/C19H16ClN3O4S/c1-9-18(25)22-12-7-11(3-4-14(12)27-9)21-17(24)8-16-19(26)23-13-6-10(20)2-5-15(13)28-16/h2-7,9,16H,8H2,1H3,(H,21,24)(H,22,25)(H,23,26)/t9-,16-/m1/s1. The fourth-order valence-corrected chi connectivity index (χ4v) is 4.19. The predicted molar refractivity (Wildman–Crippen MR) is 108 cm³/mol. The molecule has 0 bridgehead atoms. The minimum Gasteiger partial charge on any atom is -0.479 e. The molecule has 2 heterocycles. The smallest absolute Gasteiger partial charge is 0.265 e. The summed E-state index contributed by atoms with van der Waals surface area (Å²) in [7, 11) is 0. The van der Waals surface area contributed by atoms with Crippen LogP contribution in [0.25, 0.3) is 0 Å². The van der Waals surface area contributed by atoms with Crippen molar-refractivity contribution in [2.75, 3.05) is 16.0 Å². The maximum Gasteiger partial charge on any atom is 0.265 e. The van der Waals surface area contributed by atoms with Gasteiger partial charge in [-0.25, -0.2) is 0 Å². The van der Waals surface area contributed by atoms with Crippen molar-refractivity contribution in [2.24, 2.45) is 0 Å². The summed E-state index contributed by atoms with van der Waals surface area (Å²) >= 11 is 7.27. The van der Waals surface area contributed by atoms with Crippen molar-refractivity contribution in [3.63, 3.8) is 0 Å². The molecule has 9 heteroatoms. The monoisotopic (exact) mass is 417 g/mol. The number of hydrogen-bond acceptors (Lipinski definition) is 5. The predicted octanol–water partition coefficient (Wildman–Crippen LogP) is 3.50. The van der Waals surface area contributed by atoms with Crippen LogP contribution in [0, 0.1) is 0 Å². The molecule has 3 amide bonds. The molecule has 2 atom stereocenters. The summed E-state index contributed by atoms with van der Waals surface area (Å²) in [5, 5.41) is 8.26. The molecule has 2 aromatic carbocycles. The molecule has 28 heavy (non-hydrogen) atoms. The number of amides is 3. The van der Waals surface area contributed by atoms with Crippen LogP contribution in [0.15, 0.2) is 41.3 Å². The first-order chi connectivity index (χ1) is 13.4. The van der Waals surface area contributed by atoms with Crippen LogP contribution in [0.1, 0.15) is 13.3 Å². The summed E-state index contributed by atoms with van der Waals surface area (Å²) in [6.45, 7) is 1.66. The van der Waals surface area contributed by atoms with Gasteiger partial charge >= 0.3 is 0 Å². The highest BCUT2D eigenvalue weighted by Gasteiger charge is 2.29. The lowest BCUT2D eigenvalue weighted by Crippen LogP contribution is -2.34. The lowest BCUT2D eigenvalue weighted by molar-refractivity contribution is -0.122. The molecule has 0 aliphatic carbocycles. The molecule has 3 N–H and O–H groups in total. The minimum absolute atomic E-state index is 0.00947. The average molecular weight is 418 g/mol. The van der Waals surface area contributed by atoms with Gasteiger partial charge in [-0.05, 0) is 43.3 Å². The van der Waals surface area contributed by atoms with Gasteiger partial charge in [-0.2, -0.15) is 0 Å². The highest BCUT2D eigenvalue weighted by molar-refractivity contribution is 8.01. The Morgan fingerprint density at radius 3 is 2.75 bits per heavy atom. The normalized spacial score (nSPS) is 20.2. The van der Waals surface area contributed by atoms with E-state index in [4.69, 9.17) is 16.3 Å². The Labute approximate surface area is 170 Å². The molecule has 0 aromatic heterocycles. The Bertz CT molecular complexity index is 997. The van der Waals surface area contributed by atoms with Crippen molar-refractivity contribution in [1.82, 2.24) is 0 Å². The molecule has 7 nitrogen and oxygen atoms in total. The quantitative estimate of drug-likeness (QED) is 0.710. The van der Waals surface area contributed by atoms with E-state index in [-0.39, 0.29) is 24.1 Å². The van der Waals surface area contributed by atoms with E-state index in [1.807, 2.05) is 6.07 Å². The molecular weight excluding hydrogens is 402 g/mol. The molecule has 0 radical (unpaired) electrons. The summed E-state index contributed by atoms with van der Waals surface area (Å²) in [5.41, 5.74) is 1.66. The van der Waals surface area contributed by atoms with Gasteiger partial charge in [-0.15, -0.1) is 11.8 Å². The molecule has 0 saturated heterocycles. The first-order valence-corrected chi connectivity index (χ1v) is 9.83. The zero-order valence-corrected chi connectivity index (χ0v) is 16.3. The highest BCUT2D eigenvalue weighted by atomic mass is 35.5. The number of halogens is 1. The fraction of sp³-hybridized carbons (Fsp3) is 0.211. The van der Waals surface area contributed by atoms with Crippen LogP contribution in [-0.4, -0.2) is 29.1 Å². The van der Waals surface area contributed by atoms with E-state index in [0.29, 0.717) is 27.8 Å². The zero-order chi connectivity index (χ0) is 19.8. The van der Waals surface area contributed by atoms with Gasteiger partial charge in [-0.1, -0.05) is 11.6 Å². The first-order valence-electron chi connectivity index (χ1n) is 8.57. The van der Waals surface area contributed by atoms with E-state index in [1.165, 1.54) is 11.8 Å². The Morgan fingerprint density at radius 2 is 1.93 bits per heavy atom. The molecule has 2 aromatic rings. The molecule has 4 rings (SSSR count). The second-order valence-corrected chi connectivity index (χ2v) is 8.13. The molecule has 0 saturated carbocycles. The van der Waals surface area contributed by atoms with Crippen LogP contribution in [-0.2, 0) is 14.4 Å². The average Bonchev–Trinajstić information content (AvgIpc) is 2.64. The van der Waals surface area contributed by atoms with Gasteiger partial charge in [0.1, 0.15) is 5.75 Å². The fourth-order valence-electron chi connectivity index (χ4n) is 2.92. The van der Waals surface area contributed by atoms with E-state index in [9.17, 15) is 14.4 Å². The Kier molecular flexibility index (Phi) is 4.91. The summed E-state index contributed by atoms with van der Waals surface area (Å²) in [6, 6.07) is 10.2. The SMILES string of the molecule is C[C@H]1Oc2ccc(NC(=O)C[C@H]3Sc4ccc(Cl)cc4NC3=O)cc2NC1=O. The number of nitrogens with one attached hydrogen (secondary N) is 3. The second-order valence-electron chi connectivity index (χ2n) is 6.45. The van der Waals surface area contributed by atoms with E-state index < -0.39 is 11.4 Å². The van der Waals surface area contributed by atoms with E-state index in [2.05, 4.69) is 16.0 Å². The van der Waals surface area contributed by atoms with Gasteiger partial charge in [0, 0.05) is 22.0 Å². The largest absolute Gasteiger partial charge is 0.479 e. The number of benzene rings is 2. The van der Waals surface area contributed by atoms with Crippen LogP contribution in [0.5, 0.6) is 5.75 Å². The molecule has 2 aliphatic heterocycles. The van der Waals surface area contributed by atoms with Crippen molar-refractivity contribution in [1.29, 1.82) is 0 Å². The van der Waals surface area contributed by atoms with Gasteiger partial charge in [0.25, 0.3) is 5.91 Å². The van der Waals surface area contributed by atoms with Gasteiger partial charge in [0.2, 0.25) is 11.8 Å². The van der Waals surface area contributed by atoms with Crippen molar-refractivity contribution in [3.8, 4) is 5.75 Å². The van der Waals surface area contributed by atoms with Crippen molar-refractivity contribution >= 4 is 58.1 Å². The van der Waals surface area contributed by atoms with Gasteiger partial charge in [0.15, 0.2) is 6.10 Å². The third kappa shape index (κ3) is 3.79. The maximum absolute atomic E-state index is 12.4. The third-order valence-corrected chi connectivity index (χ3v) is 5.84. The number of anilines is 3. The second kappa shape index (κ2) is 7.37. The highest BCUT2D eigenvalue weighted by Crippen LogP contribution is 2.38. The van der Waals surface area contributed by atoms with E-state index in [0.717, 1.165) is 4.90 Å². The number of carbonyl (C=O) groups excluding carboxylic acids is 3. The van der Waals surface area contributed by atoms with Crippen LogP contribution >= 0.6 is 23.4 Å². The van der Waals surface area contributed by atoms with Crippen LogP contribution in [0.4, 0.5) is 17.1 Å². The summed E-state index contributed by atoms with van der Waals surface area (Å²) in [5.74, 6) is -0.246. The Hall–Kier alpha value is -2.71. The van der Waals surface area contributed by atoms with Crippen LogP contribution < -0.4 is 20.7 Å². The van der Waals surface area contributed by atoms with Crippen molar-refractivity contribution < 1.29 is 19.1 Å². The van der Waals surface area contributed by atoms with Crippen LogP contribution in [0.2, 0.25) is 5.02 Å². The third-order valence-electron chi connectivity index (χ3n) is 4.33. The van der Waals surface area contributed by atoms with Gasteiger partial charge < -0.3 is 20.7 Å².